The van der Waals surface area contributed by atoms with Gasteiger partial charge in [0.1, 0.15) is 0 Å². The summed E-state index contributed by atoms with van der Waals surface area (Å²) in [5, 5.41) is 3.05. The summed E-state index contributed by atoms with van der Waals surface area (Å²) in [6, 6.07) is 3.89. The quantitative estimate of drug-likeness (QED) is 0.800. The Bertz CT molecular complexity index is 578. The number of nitrogens with zero attached hydrogens (tertiary/aromatic N) is 4. The van der Waals surface area contributed by atoms with Crippen molar-refractivity contribution in [2.24, 2.45) is 0 Å². The third kappa shape index (κ3) is 3.67. The SMILES string of the molecule is CCOc1nc(N)nc(NCc2ccnc(OC)c2)n1. The normalized spacial score (nSPS) is 10.1. The zero-order chi connectivity index (χ0) is 14.4. The topological polar surface area (TPSA) is 108 Å². The largest absolute Gasteiger partial charge is 0.481 e. The van der Waals surface area contributed by atoms with Crippen LogP contribution in [-0.2, 0) is 6.54 Å². The summed E-state index contributed by atoms with van der Waals surface area (Å²) in [5.41, 5.74) is 6.57. The minimum Gasteiger partial charge on any atom is -0.481 e. The molecule has 0 spiro atoms. The van der Waals surface area contributed by atoms with Crippen LogP contribution in [0, 0.1) is 0 Å². The molecule has 0 aromatic carbocycles. The van der Waals surface area contributed by atoms with E-state index in [2.05, 4.69) is 25.3 Å². The van der Waals surface area contributed by atoms with Crippen LogP contribution in [0.4, 0.5) is 11.9 Å². The van der Waals surface area contributed by atoms with Crippen LogP contribution in [0.15, 0.2) is 18.3 Å². The fourth-order valence-electron chi connectivity index (χ4n) is 1.50. The molecule has 0 aliphatic carbocycles. The van der Waals surface area contributed by atoms with Gasteiger partial charge in [0.15, 0.2) is 0 Å². The molecule has 2 aromatic heterocycles. The molecule has 8 nitrogen and oxygen atoms in total. The Morgan fingerprint density at radius 3 is 2.90 bits per heavy atom. The van der Waals surface area contributed by atoms with E-state index in [1.165, 1.54) is 0 Å². The van der Waals surface area contributed by atoms with Gasteiger partial charge in [0.2, 0.25) is 17.8 Å². The molecule has 0 amide bonds. The number of hydrogen-bond acceptors (Lipinski definition) is 8. The maximum Gasteiger partial charge on any atom is 0.323 e. The predicted octanol–water partition coefficient (Wildman–Crippen LogP) is 0.868. The third-order valence-electron chi connectivity index (χ3n) is 2.36. The van der Waals surface area contributed by atoms with Gasteiger partial charge in [-0.1, -0.05) is 0 Å². The van der Waals surface area contributed by atoms with Gasteiger partial charge in [0.05, 0.1) is 13.7 Å². The number of rotatable bonds is 6. The summed E-state index contributed by atoms with van der Waals surface area (Å²) in [7, 11) is 1.57. The maximum atomic E-state index is 5.59. The molecule has 0 bridgehead atoms. The average molecular weight is 276 g/mol. The lowest BCUT2D eigenvalue weighted by Gasteiger charge is -2.08. The highest BCUT2D eigenvalue weighted by molar-refractivity contribution is 5.34. The second-order valence-electron chi connectivity index (χ2n) is 3.79. The van der Waals surface area contributed by atoms with Crippen LogP contribution in [0.1, 0.15) is 12.5 Å². The molecule has 0 aliphatic heterocycles. The molecule has 2 heterocycles. The first-order valence-corrected chi connectivity index (χ1v) is 6.08. The minimum atomic E-state index is 0.109. The molecule has 0 saturated heterocycles. The molecule has 106 valence electrons. The van der Waals surface area contributed by atoms with Crippen molar-refractivity contribution in [1.82, 2.24) is 19.9 Å². The first-order chi connectivity index (χ1) is 9.71. The fraction of sp³-hybridized carbons (Fsp3) is 0.333. The minimum absolute atomic E-state index is 0.109. The summed E-state index contributed by atoms with van der Waals surface area (Å²) in [4.78, 5) is 16.0. The molecule has 0 atom stereocenters. The van der Waals surface area contributed by atoms with E-state index in [9.17, 15) is 0 Å². The Hall–Kier alpha value is -2.64. The molecule has 0 aliphatic rings. The van der Waals surface area contributed by atoms with Gasteiger partial charge in [-0.2, -0.15) is 15.0 Å². The van der Waals surface area contributed by atoms with E-state index in [4.69, 9.17) is 15.2 Å². The molecule has 3 N–H and O–H groups in total. The van der Waals surface area contributed by atoms with Gasteiger partial charge in [-0.15, -0.1) is 0 Å². The van der Waals surface area contributed by atoms with Crippen molar-refractivity contribution >= 4 is 11.9 Å². The molecule has 2 aromatic rings. The maximum absolute atomic E-state index is 5.59. The predicted molar refractivity (Wildman–Crippen MR) is 73.5 cm³/mol. The van der Waals surface area contributed by atoms with E-state index in [1.54, 1.807) is 13.3 Å². The number of methoxy groups -OCH3 is 1. The Morgan fingerprint density at radius 2 is 2.15 bits per heavy atom. The van der Waals surface area contributed by atoms with Crippen LogP contribution >= 0.6 is 0 Å². The lowest BCUT2D eigenvalue weighted by atomic mass is 10.2. The van der Waals surface area contributed by atoms with Crippen LogP contribution in [-0.4, -0.2) is 33.7 Å². The van der Waals surface area contributed by atoms with E-state index in [0.29, 0.717) is 25.0 Å². The van der Waals surface area contributed by atoms with Crippen LogP contribution in [0.2, 0.25) is 0 Å². The van der Waals surface area contributed by atoms with Gasteiger partial charge in [-0.3, -0.25) is 0 Å². The molecule has 2 rings (SSSR count). The molecule has 8 heteroatoms. The Balaban J connectivity index is 2.06. The highest BCUT2D eigenvalue weighted by Crippen LogP contribution is 2.12. The van der Waals surface area contributed by atoms with E-state index in [-0.39, 0.29) is 12.0 Å². The van der Waals surface area contributed by atoms with E-state index >= 15 is 0 Å². The molecule has 0 saturated carbocycles. The van der Waals surface area contributed by atoms with Crippen molar-refractivity contribution in [3.05, 3.63) is 23.9 Å². The number of ether oxygens (including phenoxy) is 2. The molecule has 0 radical (unpaired) electrons. The summed E-state index contributed by atoms with van der Waals surface area (Å²) >= 11 is 0. The fourth-order valence-corrected chi connectivity index (χ4v) is 1.50. The van der Waals surface area contributed by atoms with Crippen molar-refractivity contribution in [3.8, 4) is 11.9 Å². The monoisotopic (exact) mass is 276 g/mol. The number of hydrogen-bond donors (Lipinski definition) is 2. The van der Waals surface area contributed by atoms with Crippen LogP contribution in [0.25, 0.3) is 0 Å². The first kappa shape index (κ1) is 13.8. The molecular weight excluding hydrogens is 260 g/mol. The standard InChI is InChI=1S/C12H16N6O2/c1-3-20-12-17-10(13)16-11(18-12)15-7-8-4-5-14-9(6-8)19-2/h4-6H,3,7H2,1-2H3,(H3,13,15,16,17,18). The van der Waals surface area contributed by atoms with E-state index in [1.807, 2.05) is 19.1 Å². The van der Waals surface area contributed by atoms with Crippen LogP contribution in [0.3, 0.4) is 0 Å². The summed E-state index contributed by atoms with van der Waals surface area (Å²) in [6.45, 7) is 2.81. The summed E-state index contributed by atoms with van der Waals surface area (Å²) in [5.74, 6) is 1.02. The molecule has 20 heavy (non-hydrogen) atoms. The van der Waals surface area contributed by atoms with Gasteiger partial charge >= 0.3 is 6.01 Å². The molecule has 0 fully saturated rings. The highest BCUT2D eigenvalue weighted by Gasteiger charge is 2.05. The van der Waals surface area contributed by atoms with Crippen LogP contribution in [0.5, 0.6) is 11.9 Å². The zero-order valence-corrected chi connectivity index (χ0v) is 11.3. The number of nitrogen functional groups attached to an aromatic ring is 1. The lowest BCUT2D eigenvalue weighted by Crippen LogP contribution is -2.09. The number of nitrogens with one attached hydrogen (secondary N) is 1. The highest BCUT2D eigenvalue weighted by atomic mass is 16.5. The Labute approximate surface area is 116 Å². The molecular formula is C12H16N6O2. The zero-order valence-electron chi connectivity index (χ0n) is 11.3. The van der Waals surface area contributed by atoms with Gasteiger partial charge in [-0.05, 0) is 18.6 Å². The smallest absolute Gasteiger partial charge is 0.323 e. The molecule has 0 unspecified atom stereocenters. The van der Waals surface area contributed by atoms with Crippen molar-refractivity contribution in [3.63, 3.8) is 0 Å². The number of nitrogens with two attached hydrogens (primary N) is 1. The van der Waals surface area contributed by atoms with Gasteiger partial charge in [0, 0.05) is 18.8 Å². The van der Waals surface area contributed by atoms with Gasteiger partial charge in [0.25, 0.3) is 0 Å². The van der Waals surface area contributed by atoms with Crippen LogP contribution < -0.4 is 20.5 Å². The first-order valence-electron chi connectivity index (χ1n) is 6.08. The lowest BCUT2D eigenvalue weighted by molar-refractivity contribution is 0.312. The van der Waals surface area contributed by atoms with Crippen molar-refractivity contribution in [1.29, 1.82) is 0 Å². The number of anilines is 2. The second kappa shape index (κ2) is 6.50. The summed E-state index contributed by atoms with van der Waals surface area (Å²) in [6.07, 6.45) is 1.67. The van der Waals surface area contributed by atoms with Gasteiger partial charge in [-0.25, -0.2) is 4.98 Å². The third-order valence-corrected chi connectivity index (χ3v) is 2.36. The van der Waals surface area contributed by atoms with E-state index in [0.717, 1.165) is 5.56 Å². The van der Waals surface area contributed by atoms with Crippen molar-refractivity contribution < 1.29 is 9.47 Å². The number of pyridine rings is 1. The van der Waals surface area contributed by atoms with Crippen molar-refractivity contribution in [2.45, 2.75) is 13.5 Å². The summed E-state index contributed by atoms with van der Waals surface area (Å²) < 4.78 is 10.3. The van der Waals surface area contributed by atoms with E-state index < -0.39 is 0 Å². The Morgan fingerprint density at radius 1 is 1.30 bits per heavy atom. The van der Waals surface area contributed by atoms with Crippen molar-refractivity contribution in [2.75, 3.05) is 24.8 Å². The second-order valence-corrected chi connectivity index (χ2v) is 3.79. The Kier molecular flexibility index (Phi) is 4.48. The number of aromatic nitrogens is 4. The van der Waals surface area contributed by atoms with Gasteiger partial charge < -0.3 is 20.5 Å². The average Bonchev–Trinajstić information content (AvgIpc) is 2.45.